The molecule has 0 aliphatic rings. The molecule has 0 unspecified atom stereocenters. The Bertz CT molecular complexity index is 1010. The monoisotopic (exact) mass is 389 g/mol. The van der Waals surface area contributed by atoms with Crippen molar-refractivity contribution < 1.29 is 13.6 Å². The second-order valence-electron chi connectivity index (χ2n) is 6.08. The Morgan fingerprint density at radius 3 is 2.50 bits per heavy atom. The zero-order valence-electron chi connectivity index (χ0n) is 16.6. The average Bonchev–Trinajstić information content (AvgIpc) is 3.12. The zero-order chi connectivity index (χ0) is 20.8. The lowest BCUT2D eigenvalue weighted by atomic mass is 10.1. The van der Waals surface area contributed by atoms with Gasteiger partial charge in [-0.05, 0) is 12.0 Å². The van der Waals surface area contributed by atoms with Crippen molar-refractivity contribution in [3.63, 3.8) is 0 Å². The van der Waals surface area contributed by atoms with Crippen LogP contribution in [0.5, 0.6) is 0 Å². The van der Waals surface area contributed by atoms with Crippen LogP contribution in [0.2, 0.25) is 0 Å². The second kappa shape index (κ2) is 9.20. The number of nitrogens with zero attached hydrogens (tertiary/aromatic N) is 4. The van der Waals surface area contributed by atoms with Crippen molar-refractivity contribution in [2.24, 2.45) is 0 Å². The third-order valence-electron chi connectivity index (χ3n) is 3.78. The molecule has 1 amide bonds. The molecule has 0 spiro atoms. The molecule has 1 N–H and O–H groups in total. The van der Waals surface area contributed by atoms with Gasteiger partial charge in [0.15, 0.2) is 5.82 Å². The van der Waals surface area contributed by atoms with Crippen LogP contribution in [-0.2, 0) is 17.8 Å². The van der Waals surface area contributed by atoms with Crippen molar-refractivity contribution in [2.45, 2.75) is 53.5 Å². The van der Waals surface area contributed by atoms with E-state index >= 15 is 0 Å². The van der Waals surface area contributed by atoms with Crippen molar-refractivity contribution in [2.75, 3.05) is 5.32 Å². The van der Waals surface area contributed by atoms with Gasteiger partial charge in [0.2, 0.25) is 17.4 Å². The number of anilines is 1. The summed E-state index contributed by atoms with van der Waals surface area (Å²) in [7, 11) is 0. The number of amides is 1. The number of rotatable bonds is 5. The molecule has 9 heteroatoms. The van der Waals surface area contributed by atoms with Crippen molar-refractivity contribution >= 4 is 22.8 Å². The molecular formula is C19H24FN5O3. The van der Waals surface area contributed by atoms with E-state index in [1.807, 2.05) is 40.7 Å². The van der Waals surface area contributed by atoms with E-state index in [-0.39, 0.29) is 24.0 Å². The molecular weight excluding hydrogens is 365 g/mol. The molecule has 28 heavy (non-hydrogen) atoms. The fourth-order valence-electron chi connectivity index (χ4n) is 2.52. The van der Waals surface area contributed by atoms with Crippen molar-refractivity contribution in [3.05, 3.63) is 46.1 Å². The highest BCUT2D eigenvalue weighted by Gasteiger charge is 2.19. The van der Waals surface area contributed by atoms with Crippen molar-refractivity contribution in [3.8, 4) is 0 Å². The van der Waals surface area contributed by atoms with E-state index in [0.717, 1.165) is 17.1 Å². The van der Waals surface area contributed by atoms with Crippen LogP contribution in [0.3, 0.4) is 0 Å². The zero-order valence-corrected chi connectivity index (χ0v) is 16.6. The van der Waals surface area contributed by atoms with Crippen molar-refractivity contribution in [1.29, 1.82) is 0 Å². The number of halogens is 1. The molecule has 3 rings (SSSR count). The number of aromatic nitrogens is 4. The lowest BCUT2D eigenvalue weighted by Gasteiger charge is -2.10. The Morgan fingerprint density at radius 1 is 1.29 bits per heavy atom. The summed E-state index contributed by atoms with van der Waals surface area (Å²) in [6.07, 6.45) is 2.52. The molecule has 0 saturated carbocycles. The number of carbonyl (C=O) groups is 1. The lowest BCUT2D eigenvalue weighted by Crippen LogP contribution is -2.31. The first kappa shape index (κ1) is 21.2. The average molecular weight is 389 g/mol. The fraction of sp³-hybridized carbons (Fsp3) is 0.421. The minimum Gasteiger partial charge on any atom is -0.455 e. The summed E-state index contributed by atoms with van der Waals surface area (Å²) in [4.78, 5) is 32.1. The molecule has 8 nitrogen and oxygen atoms in total. The van der Waals surface area contributed by atoms with Gasteiger partial charge in [0.05, 0.1) is 18.1 Å². The van der Waals surface area contributed by atoms with E-state index in [0.29, 0.717) is 23.3 Å². The molecule has 0 radical (unpaired) electrons. The minimum atomic E-state index is -0.613. The van der Waals surface area contributed by atoms with E-state index in [1.54, 1.807) is 0 Å². The van der Waals surface area contributed by atoms with Gasteiger partial charge in [-0.15, -0.1) is 0 Å². The number of nitrogens with one attached hydrogen (secondary N) is 1. The standard InChI is InChI=1S/C17H18FN5O3.C2H6/c1-4-11-5-12-14(9(2)3)22-23(16(25)15(12)26-11)8-13(24)21-17-19-6-10(18)7-20-17;1-2/h5-7,9H,4,8H2,1-3H3,(H,19,20,21,24);1-2H3. The Hall–Kier alpha value is -3.10. The topological polar surface area (TPSA) is 103 Å². The quantitative estimate of drug-likeness (QED) is 0.718. The SMILES string of the molecule is CC.CCc1cc2c(C(C)C)nn(CC(=O)Nc3ncc(F)cn3)c(=O)c2o1. The molecule has 150 valence electrons. The van der Waals surface area contributed by atoms with Gasteiger partial charge in [-0.25, -0.2) is 19.0 Å². The van der Waals surface area contributed by atoms with Crippen LogP contribution in [0.15, 0.2) is 27.7 Å². The van der Waals surface area contributed by atoms with E-state index in [4.69, 9.17) is 4.42 Å². The molecule has 0 bridgehead atoms. The number of aryl methyl sites for hydroxylation is 1. The third-order valence-corrected chi connectivity index (χ3v) is 3.78. The Labute approximate surface area is 161 Å². The largest absolute Gasteiger partial charge is 0.455 e. The highest BCUT2D eigenvalue weighted by Crippen LogP contribution is 2.24. The van der Waals surface area contributed by atoms with E-state index in [2.05, 4.69) is 20.4 Å². The summed E-state index contributed by atoms with van der Waals surface area (Å²) in [5.74, 6) is -0.501. The molecule has 0 aromatic carbocycles. The number of furan rings is 1. The Kier molecular flexibility index (Phi) is 6.97. The number of hydrogen-bond donors (Lipinski definition) is 1. The highest BCUT2D eigenvalue weighted by molar-refractivity contribution is 5.89. The summed E-state index contributed by atoms with van der Waals surface area (Å²) < 4.78 is 19.5. The summed E-state index contributed by atoms with van der Waals surface area (Å²) in [5.41, 5.74) is 0.375. The van der Waals surface area contributed by atoms with Crippen LogP contribution in [-0.4, -0.2) is 25.7 Å². The van der Waals surface area contributed by atoms with Gasteiger partial charge in [0.1, 0.15) is 12.3 Å². The number of fused-ring (bicyclic) bond motifs is 1. The van der Waals surface area contributed by atoms with Gasteiger partial charge in [-0.3, -0.25) is 14.9 Å². The summed E-state index contributed by atoms with van der Waals surface area (Å²) in [6, 6.07) is 1.82. The first-order valence-corrected chi connectivity index (χ1v) is 9.19. The maximum atomic E-state index is 12.8. The smallest absolute Gasteiger partial charge is 0.310 e. The summed E-state index contributed by atoms with van der Waals surface area (Å²) >= 11 is 0. The van der Waals surface area contributed by atoms with Crippen LogP contribution in [0.25, 0.3) is 11.0 Å². The summed E-state index contributed by atoms with van der Waals surface area (Å²) in [5, 5.41) is 7.39. The van der Waals surface area contributed by atoms with Gasteiger partial charge >= 0.3 is 5.56 Å². The second-order valence-corrected chi connectivity index (χ2v) is 6.08. The van der Waals surface area contributed by atoms with Gasteiger partial charge in [0, 0.05) is 11.8 Å². The molecule has 3 aromatic rings. The van der Waals surface area contributed by atoms with Crippen LogP contribution in [0, 0.1) is 5.82 Å². The van der Waals surface area contributed by atoms with E-state index in [9.17, 15) is 14.0 Å². The van der Waals surface area contributed by atoms with Gasteiger partial charge in [-0.1, -0.05) is 34.6 Å². The van der Waals surface area contributed by atoms with Crippen LogP contribution >= 0.6 is 0 Å². The molecule has 0 aliphatic carbocycles. The van der Waals surface area contributed by atoms with Crippen LogP contribution in [0.1, 0.15) is 52.0 Å². The van der Waals surface area contributed by atoms with E-state index in [1.165, 1.54) is 0 Å². The van der Waals surface area contributed by atoms with Gasteiger partial charge in [-0.2, -0.15) is 5.10 Å². The molecule has 0 saturated heterocycles. The lowest BCUT2D eigenvalue weighted by molar-refractivity contribution is -0.117. The third kappa shape index (κ3) is 4.59. The Balaban J connectivity index is 0.00000136. The predicted molar refractivity (Wildman–Crippen MR) is 104 cm³/mol. The van der Waals surface area contributed by atoms with Gasteiger partial charge < -0.3 is 4.42 Å². The normalized spacial score (nSPS) is 10.7. The maximum absolute atomic E-state index is 12.8. The highest BCUT2D eigenvalue weighted by atomic mass is 19.1. The van der Waals surface area contributed by atoms with Crippen molar-refractivity contribution in [1.82, 2.24) is 19.7 Å². The molecule has 0 atom stereocenters. The fourth-order valence-corrected chi connectivity index (χ4v) is 2.52. The maximum Gasteiger partial charge on any atom is 0.310 e. The molecule has 0 fully saturated rings. The molecule has 3 heterocycles. The first-order valence-electron chi connectivity index (χ1n) is 9.19. The Morgan fingerprint density at radius 2 is 1.93 bits per heavy atom. The summed E-state index contributed by atoms with van der Waals surface area (Å²) in [6.45, 7) is 9.48. The molecule has 3 aromatic heterocycles. The van der Waals surface area contributed by atoms with E-state index < -0.39 is 17.3 Å². The molecule has 0 aliphatic heterocycles. The number of hydrogen-bond acceptors (Lipinski definition) is 6. The minimum absolute atomic E-state index is 0.0372. The van der Waals surface area contributed by atoms with Crippen LogP contribution < -0.4 is 10.9 Å². The number of carbonyl (C=O) groups excluding carboxylic acids is 1. The first-order chi connectivity index (χ1) is 13.4. The predicted octanol–water partition coefficient (Wildman–Crippen LogP) is 3.27. The van der Waals surface area contributed by atoms with Crippen LogP contribution in [0.4, 0.5) is 10.3 Å². The van der Waals surface area contributed by atoms with Gasteiger partial charge in [0.25, 0.3) is 0 Å².